The zero-order valence-corrected chi connectivity index (χ0v) is 13.1. The van der Waals surface area contributed by atoms with Crippen molar-refractivity contribution in [3.05, 3.63) is 0 Å². The number of carbonyl (C=O) groups is 1. The predicted molar refractivity (Wildman–Crippen MR) is 75.9 cm³/mol. The van der Waals surface area contributed by atoms with Crippen molar-refractivity contribution in [1.29, 1.82) is 0 Å². The Labute approximate surface area is 112 Å². The first-order valence-electron chi connectivity index (χ1n) is 6.89. The molecule has 1 atom stereocenters. The zero-order chi connectivity index (χ0) is 14.3. The Morgan fingerprint density at radius 3 is 2.22 bits per heavy atom. The number of hydrogen-bond donors (Lipinski definition) is 0. The summed E-state index contributed by atoms with van der Waals surface area (Å²) >= 11 is 0. The summed E-state index contributed by atoms with van der Waals surface area (Å²) in [5.41, 5.74) is -0.432. The van der Waals surface area contributed by atoms with Crippen LogP contribution in [-0.4, -0.2) is 54.2 Å². The van der Waals surface area contributed by atoms with Crippen LogP contribution in [0.15, 0.2) is 0 Å². The van der Waals surface area contributed by atoms with Gasteiger partial charge in [0.1, 0.15) is 5.60 Å². The second-order valence-electron chi connectivity index (χ2n) is 5.83. The van der Waals surface area contributed by atoms with Crippen LogP contribution in [0, 0.1) is 0 Å². The van der Waals surface area contributed by atoms with E-state index in [9.17, 15) is 4.79 Å². The minimum Gasteiger partial charge on any atom is -0.444 e. The molecule has 0 unspecified atom stereocenters. The van der Waals surface area contributed by atoms with Crippen LogP contribution in [0.25, 0.3) is 0 Å². The lowest BCUT2D eigenvalue weighted by atomic mass is 10.2. The molecule has 0 saturated heterocycles. The fraction of sp³-hybridized carbons (Fsp3) is 0.929. The second-order valence-corrected chi connectivity index (χ2v) is 5.83. The van der Waals surface area contributed by atoms with Gasteiger partial charge < -0.3 is 14.5 Å². The lowest BCUT2D eigenvalue weighted by Gasteiger charge is -2.32. The topological polar surface area (TPSA) is 32.8 Å². The van der Waals surface area contributed by atoms with Crippen LogP contribution in [0.3, 0.4) is 0 Å². The molecule has 0 radical (unpaired) electrons. The van der Waals surface area contributed by atoms with Gasteiger partial charge in [-0.2, -0.15) is 0 Å². The van der Waals surface area contributed by atoms with Crippen LogP contribution in [0.5, 0.6) is 0 Å². The van der Waals surface area contributed by atoms with E-state index in [1.807, 2.05) is 20.8 Å². The van der Waals surface area contributed by atoms with Gasteiger partial charge in [0.25, 0.3) is 0 Å². The quantitative estimate of drug-likeness (QED) is 0.734. The van der Waals surface area contributed by atoms with Crippen molar-refractivity contribution in [1.82, 2.24) is 9.80 Å². The Balaban J connectivity index is 4.31. The summed E-state index contributed by atoms with van der Waals surface area (Å²) in [5.74, 6) is 0. The molecule has 0 spiro atoms. The van der Waals surface area contributed by atoms with E-state index in [0.717, 1.165) is 26.1 Å². The number of ether oxygens (including phenoxy) is 1. The molecule has 0 fully saturated rings. The lowest BCUT2D eigenvalue weighted by molar-refractivity contribution is 0.0205. The third kappa shape index (κ3) is 6.84. The number of nitrogens with zero attached hydrogens (tertiary/aromatic N) is 2. The summed E-state index contributed by atoms with van der Waals surface area (Å²) in [7, 11) is 1.80. The third-order valence-corrected chi connectivity index (χ3v) is 2.85. The highest BCUT2D eigenvalue weighted by atomic mass is 16.6. The van der Waals surface area contributed by atoms with Gasteiger partial charge in [-0.15, -0.1) is 0 Å². The highest BCUT2D eigenvalue weighted by Gasteiger charge is 2.23. The van der Waals surface area contributed by atoms with E-state index in [4.69, 9.17) is 4.74 Å². The fourth-order valence-corrected chi connectivity index (χ4v) is 1.70. The molecule has 0 aliphatic rings. The minimum absolute atomic E-state index is 0.159. The van der Waals surface area contributed by atoms with E-state index < -0.39 is 5.60 Å². The predicted octanol–water partition coefficient (Wildman–Crippen LogP) is 2.97. The van der Waals surface area contributed by atoms with Gasteiger partial charge >= 0.3 is 6.09 Å². The first-order valence-corrected chi connectivity index (χ1v) is 6.89. The van der Waals surface area contributed by atoms with Crippen molar-refractivity contribution in [2.24, 2.45) is 0 Å². The van der Waals surface area contributed by atoms with Crippen molar-refractivity contribution >= 4 is 6.09 Å². The summed E-state index contributed by atoms with van der Waals surface area (Å²) in [5, 5.41) is 0. The fourth-order valence-electron chi connectivity index (χ4n) is 1.70. The van der Waals surface area contributed by atoms with Crippen LogP contribution in [0.4, 0.5) is 4.79 Å². The Morgan fingerprint density at radius 2 is 1.83 bits per heavy atom. The second kappa shape index (κ2) is 7.62. The summed E-state index contributed by atoms with van der Waals surface area (Å²) in [6.45, 7) is 15.0. The van der Waals surface area contributed by atoms with E-state index in [1.54, 1.807) is 11.9 Å². The maximum absolute atomic E-state index is 11.9. The SMILES string of the molecule is CCCN(CC)C[C@H](C)N(C)C(=O)OC(C)(C)C. The van der Waals surface area contributed by atoms with Gasteiger partial charge in [0, 0.05) is 19.6 Å². The molecule has 0 N–H and O–H groups in total. The molecule has 0 heterocycles. The van der Waals surface area contributed by atoms with Crippen LogP contribution < -0.4 is 0 Å². The number of likely N-dealkylation sites (N-methyl/N-ethyl adjacent to an activating group) is 2. The van der Waals surface area contributed by atoms with Crippen LogP contribution in [0.2, 0.25) is 0 Å². The van der Waals surface area contributed by atoms with E-state index >= 15 is 0 Å². The smallest absolute Gasteiger partial charge is 0.410 e. The third-order valence-electron chi connectivity index (χ3n) is 2.85. The largest absolute Gasteiger partial charge is 0.444 e. The summed E-state index contributed by atoms with van der Waals surface area (Å²) < 4.78 is 5.36. The highest BCUT2D eigenvalue weighted by molar-refractivity contribution is 5.68. The van der Waals surface area contributed by atoms with E-state index in [0.29, 0.717) is 0 Å². The Hall–Kier alpha value is -0.770. The molecule has 18 heavy (non-hydrogen) atoms. The average Bonchev–Trinajstić information content (AvgIpc) is 2.24. The maximum atomic E-state index is 11.9. The first-order chi connectivity index (χ1) is 8.21. The van der Waals surface area contributed by atoms with Gasteiger partial charge in [-0.25, -0.2) is 4.79 Å². The van der Waals surface area contributed by atoms with Gasteiger partial charge in [-0.05, 0) is 47.2 Å². The minimum atomic E-state index is -0.432. The molecule has 0 saturated carbocycles. The monoisotopic (exact) mass is 258 g/mol. The molecule has 0 aliphatic heterocycles. The van der Waals surface area contributed by atoms with Crippen molar-refractivity contribution in [3.63, 3.8) is 0 Å². The molecule has 4 heteroatoms. The molecular weight excluding hydrogens is 228 g/mol. The number of hydrogen-bond acceptors (Lipinski definition) is 3. The van der Waals surface area contributed by atoms with Crippen LogP contribution in [-0.2, 0) is 4.74 Å². The van der Waals surface area contributed by atoms with E-state index in [2.05, 4.69) is 25.7 Å². The molecular formula is C14H30N2O2. The molecule has 1 amide bonds. The summed E-state index contributed by atoms with van der Waals surface area (Å²) in [6.07, 6.45) is 0.888. The Kier molecular flexibility index (Phi) is 7.29. The first kappa shape index (κ1) is 17.2. The standard InChI is InChI=1S/C14H30N2O2/c1-8-10-16(9-2)11-12(3)15(7)13(17)18-14(4,5)6/h12H,8-11H2,1-7H3/t12-/m0/s1. The number of rotatable bonds is 6. The van der Waals surface area contributed by atoms with Gasteiger partial charge in [-0.3, -0.25) is 0 Å². The molecule has 0 aromatic rings. The average molecular weight is 258 g/mol. The normalized spacial score (nSPS) is 13.6. The van der Waals surface area contributed by atoms with Crippen molar-refractivity contribution < 1.29 is 9.53 Å². The summed E-state index contributed by atoms with van der Waals surface area (Å²) in [4.78, 5) is 15.9. The lowest BCUT2D eigenvalue weighted by Crippen LogP contribution is -2.45. The van der Waals surface area contributed by atoms with Crippen LogP contribution in [0.1, 0.15) is 48.0 Å². The number of carbonyl (C=O) groups excluding carboxylic acids is 1. The summed E-state index contributed by atoms with van der Waals surface area (Å²) in [6, 6.07) is 0.159. The van der Waals surface area contributed by atoms with Crippen molar-refractivity contribution in [2.75, 3.05) is 26.7 Å². The molecule has 4 nitrogen and oxygen atoms in total. The van der Waals surface area contributed by atoms with Gasteiger partial charge in [0.05, 0.1) is 0 Å². The van der Waals surface area contributed by atoms with E-state index in [1.165, 1.54) is 0 Å². The molecule has 0 aromatic heterocycles. The molecule has 0 aliphatic carbocycles. The molecule has 0 aromatic carbocycles. The zero-order valence-electron chi connectivity index (χ0n) is 13.1. The van der Waals surface area contributed by atoms with Gasteiger partial charge in [0.2, 0.25) is 0 Å². The van der Waals surface area contributed by atoms with Gasteiger partial charge in [0.15, 0.2) is 0 Å². The molecule has 108 valence electrons. The highest BCUT2D eigenvalue weighted by Crippen LogP contribution is 2.11. The van der Waals surface area contributed by atoms with Crippen molar-refractivity contribution in [2.45, 2.75) is 59.6 Å². The van der Waals surface area contributed by atoms with Crippen molar-refractivity contribution in [3.8, 4) is 0 Å². The maximum Gasteiger partial charge on any atom is 0.410 e. The number of amides is 1. The Morgan fingerprint density at radius 1 is 1.28 bits per heavy atom. The Bertz CT molecular complexity index is 249. The molecule has 0 rings (SSSR count). The van der Waals surface area contributed by atoms with E-state index in [-0.39, 0.29) is 12.1 Å². The molecule has 0 bridgehead atoms. The van der Waals surface area contributed by atoms with Crippen LogP contribution >= 0.6 is 0 Å². The van der Waals surface area contributed by atoms with Gasteiger partial charge in [-0.1, -0.05) is 13.8 Å².